The van der Waals surface area contributed by atoms with E-state index in [1.165, 1.54) is 6.20 Å². The molecule has 0 saturated heterocycles. The van der Waals surface area contributed by atoms with E-state index in [-0.39, 0.29) is 11.7 Å². The van der Waals surface area contributed by atoms with Crippen molar-refractivity contribution in [2.45, 2.75) is 25.9 Å². The minimum atomic E-state index is -0.403. The molecule has 2 aromatic rings. The highest BCUT2D eigenvalue weighted by Crippen LogP contribution is 2.29. The maximum absolute atomic E-state index is 10.8. The lowest BCUT2D eigenvalue weighted by atomic mass is 10.2. The van der Waals surface area contributed by atoms with E-state index in [9.17, 15) is 10.1 Å². The Morgan fingerprint density at radius 1 is 1.59 bits per heavy atom. The van der Waals surface area contributed by atoms with Crippen LogP contribution < -0.4 is 0 Å². The molecule has 0 bridgehead atoms. The normalized spacial score (nSPS) is 18.3. The van der Waals surface area contributed by atoms with Crippen LogP contribution in [0, 0.1) is 17.0 Å². The lowest BCUT2D eigenvalue weighted by Crippen LogP contribution is -2.09. The van der Waals surface area contributed by atoms with Crippen LogP contribution in [0.1, 0.15) is 24.0 Å². The Morgan fingerprint density at radius 2 is 2.41 bits per heavy atom. The Hall–Kier alpha value is -2.18. The molecule has 1 unspecified atom stereocenters. The van der Waals surface area contributed by atoms with E-state index in [0.717, 1.165) is 18.8 Å². The molecule has 0 aliphatic carbocycles. The standard InChI is InChI=1S/C10H11N5O2/c1-7-9(15(16)17)6-14(12-7)8-2-4-13-5-3-11-10(8)13/h3,5-6,8H,2,4H2,1H3. The molecule has 1 atom stereocenters. The number of hydrogen-bond donors (Lipinski definition) is 0. The molecule has 1 aliphatic rings. The van der Waals surface area contributed by atoms with Crippen LogP contribution in [0.5, 0.6) is 0 Å². The molecule has 0 fully saturated rings. The maximum atomic E-state index is 10.8. The Kier molecular flexibility index (Phi) is 2.01. The van der Waals surface area contributed by atoms with Gasteiger partial charge in [-0.15, -0.1) is 0 Å². The molecule has 2 aromatic heterocycles. The van der Waals surface area contributed by atoms with Gasteiger partial charge in [0.05, 0.1) is 4.92 Å². The quantitative estimate of drug-likeness (QED) is 0.578. The summed E-state index contributed by atoms with van der Waals surface area (Å²) in [4.78, 5) is 14.6. The van der Waals surface area contributed by atoms with Gasteiger partial charge in [-0.1, -0.05) is 0 Å². The van der Waals surface area contributed by atoms with Gasteiger partial charge in [0.15, 0.2) is 0 Å². The predicted octanol–water partition coefficient (Wildman–Crippen LogP) is 1.29. The van der Waals surface area contributed by atoms with E-state index in [0.29, 0.717) is 5.69 Å². The van der Waals surface area contributed by atoms with Crippen LogP contribution in [-0.2, 0) is 6.54 Å². The van der Waals surface area contributed by atoms with E-state index < -0.39 is 4.92 Å². The van der Waals surface area contributed by atoms with Gasteiger partial charge in [0.2, 0.25) is 0 Å². The second-order valence-corrected chi connectivity index (χ2v) is 4.12. The third kappa shape index (κ3) is 1.42. The lowest BCUT2D eigenvalue weighted by Gasteiger charge is -2.07. The van der Waals surface area contributed by atoms with Crippen LogP contribution in [0.3, 0.4) is 0 Å². The van der Waals surface area contributed by atoms with Crippen molar-refractivity contribution in [2.24, 2.45) is 0 Å². The summed E-state index contributed by atoms with van der Waals surface area (Å²) in [6.45, 7) is 2.53. The summed E-state index contributed by atoms with van der Waals surface area (Å²) in [7, 11) is 0. The molecule has 0 N–H and O–H groups in total. The van der Waals surface area contributed by atoms with Gasteiger partial charge in [0.1, 0.15) is 23.8 Å². The zero-order valence-electron chi connectivity index (χ0n) is 9.28. The smallest absolute Gasteiger partial charge is 0.309 e. The summed E-state index contributed by atoms with van der Waals surface area (Å²) >= 11 is 0. The average molecular weight is 233 g/mol. The summed E-state index contributed by atoms with van der Waals surface area (Å²) in [5, 5.41) is 15.0. The highest BCUT2D eigenvalue weighted by atomic mass is 16.6. The fraction of sp³-hybridized carbons (Fsp3) is 0.400. The number of aryl methyl sites for hydroxylation is 2. The molecule has 0 radical (unpaired) electrons. The van der Waals surface area contributed by atoms with Crippen molar-refractivity contribution in [3.8, 4) is 0 Å². The molecule has 3 heterocycles. The van der Waals surface area contributed by atoms with Gasteiger partial charge in [0, 0.05) is 18.9 Å². The zero-order valence-corrected chi connectivity index (χ0v) is 9.28. The number of fused-ring (bicyclic) bond motifs is 1. The highest BCUT2D eigenvalue weighted by molar-refractivity contribution is 5.31. The maximum Gasteiger partial charge on any atom is 0.309 e. The molecular formula is C10H11N5O2. The van der Waals surface area contributed by atoms with Gasteiger partial charge < -0.3 is 4.57 Å². The lowest BCUT2D eigenvalue weighted by molar-refractivity contribution is -0.385. The second-order valence-electron chi connectivity index (χ2n) is 4.12. The Balaban J connectivity index is 2.01. The van der Waals surface area contributed by atoms with Crippen LogP contribution in [0.15, 0.2) is 18.6 Å². The van der Waals surface area contributed by atoms with E-state index in [1.807, 2.05) is 10.8 Å². The summed E-state index contributed by atoms with van der Waals surface area (Å²) in [6.07, 6.45) is 6.03. The summed E-state index contributed by atoms with van der Waals surface area (Å²) < 4.78 is 3.70. The number of nitro groups is 1. The molecule has 0 amide bonds. The zero-order chi connectivity index (χ0) is 12.0. The van der Waals surface area contributed by atoms with Crippen molar-refractivity contribution in [1.29, 1.82) is 0 Å². The fourth-order valence-corrected chi connectivity index (χ4v) is 2.26. The highest BCUT2D eigenvalue weighted by Gasteiger charge is 2.28. The number of imidazole rings is 1. The second kappa shape index (κ2) is 3.41. The van der Waals surface area contributed by atoms with Crippen LogP contribution in [0.2, 0.25) is 0 Å². The predicted molar refractivity (Wildman–Crippen MR) is 58.6 cm³/mol. The summed E-state index contributed by atoms with van der Waals surface area (Å²) in [5.41, 5.74) is 0.509. The number of rotatable bonds is 2. The number of hydrogen-bond acceptors (Lipinski definition) is 4. The van der Waals surface area contributed by atoms with E-state index >= 15 is 0 Å². The van der Waals surface area contributed by atoms with Gasteiger partial charge in [-0.2, -0.15) is 5.10 Å². The third-order valence-electron chi connectivity index (χ3n) is 3.10. The molecular weight excluding hydrogens is 222 g/mol. The van der Waals surface area contributed by atoms with Gasteiger partial charge in [-0.05, 0) is 13.3 Å². The fourth-order valence-electron chi connectivity index (χ4n) is 2.26. The van der Waals surface area contributed by atoms with Gasteiger partial charge in [-0.3, -0.25) is 14.8 Å². The Morgan fingerprint density at radius 3 is 3.12 bits per heavy atom. The Labute approximate surface area is 96.8 Å². The molecule has 7 nitrogen and oxygen atoms in total. The topological polar surface area (TPSA) is 78.8 Å². The first-order valence-electron chi connectivity index (χ1n) is 5.38. The van der Waals surface area contributed by atoms with E-state index in [4.69, 9.17) is 0 Å². The van der Waals surface area contributed by atoms with Crippen molar-refractivity contribution in [3.05, 3.63) is 40.2 Å². The molecule has 3 rings (SSSR count). The van der Waals surface area contributed by atoms with Crippen molar-refractivity contribution in [2.75, 3.05) is 0 Å². The minimum Gasteiger partial charge on any atom is -0.333 e. The first kappa shape index (κ1) is 10.0. The monoisotopic (exact) mass is 233 g/mol. The third-order valence-corrected chi connectivity index (χ3v) is 3.10. The van der Waals surface area contributed by atoms with Crippen molar-refractivity contribution in [3.63, 3.8) is 0 Å². The van der Waals surface area contributed by atoms with Crippen molar-refractivity contribution >= 4 is 5.69 Å². The van der Waals surface area contributed by atoms with Crippen LogP contribution in [0.4, 0.5) is 5.69 Å². The first-order valence-corrected chi connectivity index (χ1v) is 5.38. The molecule has 0 spiro atoms. The number of nitrogens with zero attached hydrogens (tertiary/aromatic N) is 5. The molecule has 0 aromatic carbocycles. The average Bonchev–Trinajstić information content (AvgIpc) is 2.89. The molecule has 7 heteroatoms. The summed E-state index contributed by atoms with van der Waals surface area (Å²) in [6, 6.07) is 0.0115. The molecule has 0 saturated carbocycles. The molecule has 1 aliphatic heterocycles. The largest absolute Gasteiger partial charge is 0.333 e. The molecule has 88 valence electrons. The van der Waals surface area contributed by atoms with Crippen LogP contribution in [0.25, 0.3) is 0 Å². The van der Waals surface area contributed by atoms with Crippen molar-refractivity contribution < 1.29 is 4.92 Å². The van der Waals surface area contributed by atoms with Gasteiger partial charge in [0.25, 0.3) is 0 Å². The summed E-state index contributed by atoms with van der Waals surface area (Å²) in [5.74, 6) is 0.919. The van der Waals surface area contributed by atoms with Crippen molar-refractivity contribution in [1.82, 2.24) is 19.3 Å². The van der Waals surface area contributed by atoms with Gasteiger partial charge >= 0.3 is 5.69 Å². The van der Waals surface area contributed by atoms with Gasteiger partial charge in [-0.25, -0.2) is 4.98 Å². The van der Waals surface area contributed by atoms with E-state index in [2.05, 4.69) is 10.1 Å². The number of aromatic nitrogens is 4. The minimum absolute atomic E-state index is 0.0115. The van der Waals surface area contributed by atoms with E-state index in [1.54, 1.807) is 17.8 Å². The van der Waals surface area contributed by atoms with Crippen LogP contribution >= 0.6 is 0 Å². The van der Waals surface area contributed by atoms with Crippen LogP contribution in [-0.4, -0.2) is 24.3 Å². The SMILES string of the molecule is Cc1nn(C2CCn3ccnc32)cc1[N+](=O)[O-]. The molecule has 17 heavy (non-hydrogen) atoms. The first-order chi connectivity index (χ1) is 8.16. The Bertz CT molecular complexity index is 585.